The number of hydrogen-bond donors (Lipinski definition) is 1. The van der Waals surface area contributed by atoms with Crippen LogP contribution in [0.2, 0.25) is 0 Å². The van der Waals surface area contributed by atoms with Gasteiger partial charge < -0.3 is 5.32 Å². The lowest BCUT2D eigenvalue weighted by molar-refractivity contribution is 0.0946. The fourth-order valence-electron chi connectivity index (χ4n) is 2.77. The summed E-state index contributed by atoms with van der Waals surface area (Å²) in [5.74, 6) is -0.606. The molecule has 27 heavy (non-hydrogen) atoms. The van der Waals surface area contributed by atoms with Gasteiger partial charge in [0.1, 0.15) is 0 Å². The van der Waals surface area contributed by atoms with Crippen LogP contribution in [-0.4, -0.2) is 26.8 Å². The van der Waals surface area contributed by atoms with Gasteiger partial charge in [0.25, 0.3) is 11.5 Å². The smallest absolute Gasteiger partial charge is 0.351 e. The van der Waals surface area contributed by atoms with Crippen LogP contribution in [0.3, 0.4) is 0 Å². The van der Waals surface area contributed by atoms with Crippen LogP contribution >= 0.6 is 0 Å². The number of carbonyl (C=O) groups is 1. The van der Waals surface area contributed by atoms with Crippen molar-refractivity contribution in [2.24, 2.45) is 0 Å². The summed E-state index contributed by atoms with van der Waals surface area (Å²) in [5.41, 5.74) is 0.670. The minimum atomic E-state index is -0.709. The maximum atomic E-state index is 12.9. The molecule has 3 aromatic rings. The van der Waals surface area contributed by atoms with E-state index in [1.54, 1.807) is 31.2 Å². The zero-order chi connectivity index (χ0) is 19.4. The minimum Gasteiger partial charge on any atom is -0.351 e. The molecule has 1 N–H and O–H groups in total. The maximum Gasteiger partial charge on any atom is 0.352 e. The first-order valence-corrected chi connectivity index (χ1v) is 8.64. The first-order chi connectivity index (χ1) is 13.0. The molecule has 0 aliphatic carbocycles. The van der Waals surface area contributed by atoms with Crippen molar-refractivity contribution in [3.8, 4) is 5.69 Å². The molecule has 0 spiro atoms. The number of para-hydroxylation sites is 1. The van der Waals surface area contributed by atoms with Crippen LogP contribution in [-0.2, 0) is 6.54 Å². The van der Waals surface area contributed by atoms with Gasteiger partial charge in [0.2, 0.25) is 5.69 Å². The fraction of sp³-hybridized carbons (Fsp3) is 0.200. The van der Waals surface area contributed by atoms with Gasteiger partial charge in [0.05, 0.1) is 12.2 Å². The van der Waals surface area contributed by atoms with Crippen molar-refractivity contribution in [3.63, 3.8) is 0 Å². The summed E-state index contributed by atoms with van der Waals surface area (Å²) in [6.07, 6.45) is 0. The van der Waals surface area contributed by atoms with E-state index < -0.39 is 17.2 Å². The van der Waals surface area contributed by atoms with Gasteiger partial charge in [-0.1, -0.05) is 48.0 Å². The number of aryl methyl sites for hydroxylation is 1. The number of nitrogens with one attached hydrogen (secondary N) is 1. The molecule has 3 rings (SSSR count). The second-order valence-corrected chi connectivity index (χ2v) is 6.12. The summed E-state index contributed by atoms with van der Waals surface area (Å²) in [7, 11) is 0. The van der Waals surface area contributed by atoms with Crippen molar-refractivity contribution >= 4 is 5.91 Å². The Morgan fingerprint density at radius 1 is 1.07 bits per heavy atom. The SMILES string of the molecule is CCNC(=O)c1nn(-c2ccccc2)c(=O)n(Cc2cccc(C)c2)c1=O. The summed E-state index contributed by atoms with van der Waals surface area (Å²) in [4.78, 5) is 38.1. The lowest BCUT2D eigenvalue weighted by atomic mass is 10.1. The van der Waals surface area contributed by atoms with Gasteiger partial charge in [-0.05, 0) is 31.5 Å². The van der Waals surface area contributed by atoms with Crippen molar-refractivity contribution in [2.75, 3.05) is 6.54 Å². The zero-order valence-corrected chi connectivity index (χ0v) is 15.2. The Labute approximate surface area is 155 Å². The molecule has 1 heterocycles. The molecule has 0 bridgehead atoms. The van der Waals surface area contributed by atoms with Gasteiger partial charge in [0, 0.05) is 6.54 Å². The molecule has 138 valence electrons. The van der Waals surface area contributed by atoms with E-state index >= 15 is 0 Å². The van der Waals surface area contributed by atoms with E-state index in [2.05, 4.69) is 10.4 Å². The van der Waals surface area contributed by atoms with Crippen molar-refractivity contribution in [1.82, 2.24) is 19.7 Å². The molecular weight excluding hydrogens is 344 g/mol. The van der Waals surface area contributed by atoms with Gasteiger partial charge in [-0.2, -0.15) is 9.78 Å². The normalized spacial score (nSPS) is 10.6. The van der Waals surface area contributed by atoms with Gasteiger partial charge >= 0.3 is 5.69 Å². The van der Waals surface area contributed by atoms with E-state index in [1.807, 2.05) is 37.3 Å². The molecule has 0 atom stereocenters. The molecule has 0 unspecified atom stereocenters. The summed E-state index contributed by atoms with van der Waals surface area (Å²) in [6, 6.07) is 16.2. The number of benzene rings is 2. The largest absolute Gasteiger partial charge is 0.352 e. The van der Waals surface area contributed by atoms with Crippen molar-refractivity contribution < 1.29 is 4.79 Å². The van der Waals surface area contributed by atoms with Gasteiger partial charge in [-0.25, -0.2) is 4.79 Å². The van der Waals surface area contributed by atoms with Gasteiger partial charge in [-0.3, -0.25) is 14.2 Å². The standard InChI is InChI=1S/C20H20N4O3/c1-3-21-18(25)17-19(26)23(13-15-9-7-8-14(2)12-15)20(27)24(22-17)16-10-5-4-6-11-16/h4-12H,3,13H2,1-2H3,(H,21,25). The van der Waals surface area contributed by atoms with Crippen molar-refractivity contribution in [1.29, 1.82) is 0 Å². The average Bonchev–Trinajstić information content (AvgIpc) is 2.66. The minimum absolute atomic E-state index is 0.0567. The summed E-state index contributed by atoms with van der Waals surface area (Å²) in [6.45, 7) is 4.08. The Morgan fingerprint density at radius 2 is 1.81 bits per heavy atom. The molecule has 7 nitrogen and oxygen atoms in total. The Balaban J connectivity index is 2.21. The molecule has 0 fully saturated rings. The number of rotatable bonds is 5. The van der Waals surface area contributed by atoms with E-state index in [-0.39, 0.29) is 12.2 Å². The predicted molar refractivity (Wildman–Crippen MR) is 102 cm³/mol. The highest BCUT2D eigenvalue weighted by molar-refractivity contribution is 5.91. The lowest BCUT2D eigenvalue weighted by Crippen LogP contribution is -2.46. The van der Waals surface area contributed by atoms with Gasteiger partial charge in [-0.15, -0.1) is 0 Å². The molecule has 0 aliphatic heterocycles. The lowest BCUT2D eigenvalue weighted by Gasteiger charge is -2.12. The number of aromatic nitrogens is 3. The average molecular weight is 364 g/mol. The Bertz CT molecular complexity index is 1080. The first kappa shape index (κ1) is 18.3. The Hall–Kier alpha value is -3.48. The predicted octanol–water partition coefficient (Wildman–Crippen LogP) is 1.50. The topological polar surface area (TPSA) is 86.0 Å². The molecule has 7 heteroatoms. The van der Waals surface area contributed by atoms with Crippen LogP contribution < -0.4 is 16.6 Å². The van der Waals surface area contributed by atoms with Crippen LogP contribution in [0.25, 0.3) is 5.69 Å². The van der Waals surface area contributed by atoms with Crippen LogP contribution in [0, 0.1) is 6.92 Å². The summed E-state index contributed by atoms with van der Waals surface area (Å²) in [5, 5.41) is 6.61. The van der Waals surface area contributed by atoms with E-state index in [0.29, 0.717) is 12.2 Å². The van der Waals surface area contributed by atoms with E-state index in [4.69, 9.17) is 0 Å². The molecule has 0 saturated carbocycles. The number of nitrogens with zero attached hydrogens (tertiary/aromatic N) is 3. The second-order valence-electron chi connectivity index (χ2n) is 6.12. The molecule has 1 amide bonds. The third kappa shape index (κ3) is 3.87. The summed E-state index contributed by atoms with van der Waals surface area (Å²) < 4.78 is 2.13. The van der Waals surface area contributed by atoms with Crippen LogP contribution in [0.1, 0.15) is 28.5 Å². The quantitative estimate of drug-likeness (QED) is 0.743. The molecular formula is C20H20N4O3. The van der Waals surface area contributed by atoms with E-state index in [9.17, 15) is 14.4 Å². The highest BCUT2D eigenvalue weighted by atomic mass is 16.2. The van der Waals surface area contributed by atoms with E-state index in [1.165, 1.54) is 0 Å². The second kappa shape index (κ2) is 7.82. The monoisotopic (exact) mass is 364 g/mol. The third-order valence-corrected chi connectivity index (χ3v) is 4.04. The number of amides is 1. The molecule has 2 aromatic carbocycles. The Morgan fingerprint density at radius 3 is 2.48 bits per heavy atom. The van der Waals surface area contributed by atoms with Crippen molar-refractivity contribution in [3.05, 3.63) is 92.3 Å². The van der Waals surface area contributed by atoms with E-state index in [0.717, 1.165) is 20.4 Å². The number of hydrogen-bond acceptors (Lipinski definition) is 4. The molecule has 0 radical (unpaired) electrons. The molecule has 1 aromatic heterocycles. The van der Waals surface area contributed by atoms with Crippen LogP contribution in [0.4, 0.5) is 0 Å². The molecule has 0 aliphatic rings. The zero-order valence-electron chi connectivity index (χ0n) is 15.2. The molecule has 0 saturated heterocycles. The summed E-state index contributed by atoms with van der Waals surface area (Å²) >= 11 is 0. The number of carbonyl (C=O) groups excluding carboxylic acids is 1. The maximum absolute atomic E-state index is 12.9. The van der Waals surface area contributed by atoms with Crippen LogP contribution in [0.5, 0.6) is 0 Å². The first-order valence-electron chi connectivity index (χ1n) is 8.64. The third-order valence-electron chi connectivity index (χ3n) is 4.04. The van der Waals surface area contributed by atoms with Gasteiger partial charge in [0.15, 0.2) is 0 Å². The Kier molecular flexibility index (Phi) is 5.30. The highest BCUT2D eigenvalue weighted by Gasteiger charge is 2.19. The highest BCUT2D eigenvalue weighted by Crippen LogP contribution is 2.06. The van der Waals surface area contributed by atoms with Crippen molar-refractivity contribution in [2.45, 2.75) is 20.4 Å². The fourth-order valence-corrected chi connectivity index (χ4v) is 2.77. The van der Waals surface area contributed by atoms with Crippen LogP contribution in [0.15, 0.2) is 64.2 Å².